The Balaban J connectivity index is 2.05. The molecule has 0 unspecified atom stereocenters. The Kier molecular flexibility index (Phi) is 1.69. The van der Waals surface area contributed by atoms with Crippen LogP contribution < -0.4 is 4.90 Å². The smallest absolute Gasteiger partial charge is 0.282 e. The monoisotopic (exact) mass is 225 g/mol. The third kappa shape index (κ3) is 1.24. The summed E-state index contributed by atoms with van der Waals surface area (Å²) in [5.74, 6) is -2.12. The van der Waals surface area contributed by atoms with Crippen molar-refractivity contribution in [3.8, 4) is 0 Å². The van der Waals surface area contributed by atoms with Gasteiger partial charge in [-0.05, 0) is 0 Å². The minimum absolute atomic E-state index is 0.296. The second-order valence-corrected chi connectivity index (χ2v) is 3.94. The van der Waals surface area contributed by atoms with Crippen molar-refractivity contribution in [2.45, 2.75) is 5.92 Å². The number of hydrogen-bond acceptors (Lipinski definition) is 4. The lowest BCUT2D eigenvalue weighted by atomic mass is 10.1. The molecule has 0 saturated carbocycles. The second-order valence-electron chi connectivity index (χ2n) is 3.94. The van der Waals surface area contributed by atoms with E-state index >= 15 is 0 Å². The van der Waals surface area contributed by atoms with Crippen LogP contribution in [0.1, 0.15) is 0 Å². The summed E-state index contributed by atoms with van der Waals surface area (Å²) in [5, 5.41) is 0. The lowest BCUT2D eigenvalue weighted by molar-refractivity contribution is -0.0265. The number of hydrogen-bond donors (Lipinski definition) is 0. The zero-order valence-corrected chi connectivity index (χ0v) is 8.56. The highest BCUT2D eigenvalue weighted by atomic mass is 19.3. The summed E-state index contributed by atoms with van der Waals surface area (Å²) < 4.78 is 27.3. The molecule has 0 aliphatic carbocycles. The Hall–Kier alpha value is -1.79. The van der Waals surface area contributed by atoms with E-state index < -0.39 is 5.92 Å². The fourth-order valence-electron chi connectivity index (χ4n) is 1.83. The summed E-state index contributed by atoms with van der Waals surface area (Å²) in [7, 11) is 1.80. The lowest BCUT2D eigenvalue weighted by Gasteiger charge is -2.39. The number of aryl methyl sites for hydroxylation is 1. The highest BCUT2D eigenvalue weighted by molar-refractivity contribution is 5.83. The molecule has 1 fully saturated rings. The topological polar surface area (TPSA) is 46.8 Å². The molecule has 2 aromatic heterocycles. The van der Waals surface area contributed by atoms with Gasteiger partial charge in [0.15, 0.2) is 17.0 Å². The average Bonchev–Trinajstić information content (AvgIpc) is 2.57. The molecule has 1 aliphatic heterocycles. The van der Waals surface area contributed by atoms with Crippen LogP contribution in [0, 0.1) is 0 Å². The number of imidazole rings is 1. The molecule has 3 heterocycles. The largest absolute Gasteiger partial charge is 0.342 e. The Labute approximate surface area is 89.7 Å². The van der Waals surface area contributed by atoms with Gasteiger partial charge in [-0.3, -0.25) is 0 Å². The molecule has 0 aromatic carbocycles. The maximum Gasteiger partial charge on any atom is 0.282 e. The van der Waals surface area contributed by atoms with Crippen molar-refractivity contribution in [2.24, 2.45) is 7.05 Å². The van der Waals surface area contributed by atoms with Gasteiger partial charge in [0.2, 0.25) is 0 Å². The summed E-state index contributed by atoms with van der Waals surface area (Å²) in [6.07, 6.45) is 2.97. The molecule has 3 rings (SSSR count). The van der Waals surface area contributed by atoms with E-state index in [0.29, 0.717) is 17.0 Å². The van der Waals surface area contributed by atoms with E-state index in [0.717, 1.165) is 0 Å². The molecule has 84 valence electrons. The Morgan fingerprint density at radius 3 is 2.69 bits per heavy atom. The van der Waals surface area contributed by atoms with Crippen molar-refractivity contribution in [2.75, 3.05) is 18.0 Å². The van der Waals surface area contributed by atoms with Gasteiger partial charge in [0.05, 0.1) is 19.4 Å². The fourth-order valence-corrected chi connectivity index (χ4v) is 1.83. The third-order valence-corrected chi connectivity index (χ3v) is 2.62. The van der Waals surface area contributed by atoms with Crippen LogP contribution in [-0.4, -0.2) is 38.5 Å². The van der Waals surface area contributed by atoms with E-state index in [4.69, 9.17) is 0 Å². The Morgan fingerprint density at radius 1 is 1.25 bits per heavy atom. The molecule has 7 heteroatoms. The zero-order chi connectivity index (χ0) is 11.3. The summed E-state index contributed by atoms with van der Waals surface area (Å²) >= 11 is 0. The number of aromatic nitrogens is 4. The Morgan fingerprint density at radius 2 is 2.00 bits per heavy atom. The first kappa shape index (κ1) is 9.44. The molecule has 0 bridgehead atoms. The predicted molar refractivity (Wildman–Crippen MR) is 53.5 cm³/mol. The highest BCUT2D eigenvalue weighted by Gasteiger charge is 2.45. The van der Waals surface area contributed by atoms with Gasteiger partial charge >= 0.3 is 0 Å². The number of alkyl halides is 2. The number of rotatable bonds is 1. The van der Waals surface area contributed by atoms with Gasteiger partial charge in [-0.25, -0.2) is 23.7 Å². The highest BCUT2D eigenvalue weighted by Crippen LogP contribution is 2.33. The molecule has 2 aromatic rings. The van der Waals surface area contributed by atoms with Gasteiger partial charge in [0.25, 0.3) is 5.92 Å². The first-order chi connectivity index (χ1) is 7.57. The normalized spacial score (nSPS) is 18.8. The quantitative estimate of drug-likeness (QED) is 0.720. The molecule has 0 spiro atoms. The SMILES string of the molecule is Cn1cnc2c(N3CC(F)(F)C3)ncnc21. The maximum absolute atomic E-state index is 12.8. The first-order valence-corrected chi connectivity index (χ1v) is 4.82. The summed E-state index contributed by atoms with van der Waals surface area (Å²) in [5.41, 5.74) is 1.22. The number of nitrogens with zero attached hydrogens (tertiary/aromatic N) is 5. The van der Waals surface area contributed by atoms with Crippen LogP contribution in [-0.2, 0) is 7.05 Å². The number of anilines is 1. The van der Waals surface area contributed by atoms with E-state index in [9.17, 15) is 8.78 Å². The number of halogens is 2. The molecular weight excluding hydrogens is 216 g/mol. The van der Waals surface area contributed by atoms with Crippen LogP contribution in [0.5, 0.6) is 0 Å². The Bertz CT molecular complexity index is 542. The van der Waals surface area contributed by atoms with E-state index in [1.165, 1.54) is 11.2 Å². The molecule has 0 N–H and O–H groups in total. The molecule has 5 nitrogen and oxygen atoms in total. The molecule has 1 saturated heterocycles. The molecule has 0 atom stereocenters. The number of fused-ring (bicyclic) bond motifs is 1. The van der Waals surface area contributed by atoms with Gasteiger partial charge in [-0.15, -0.1) is 0 Å². The van der Waals surface area contributed by atoms with E-state index in [-0.39, 0.29) is 13.1 Å². The van der Waals surface area contributed by atoms with Crippen LogP contribution in [0.4, 0.5) is 14.6 Å². The van der Waals surface area contributed by atoms with Crippen LogP contribution in [0.25, 0.3) is 11.2 Å². The van der Waals surface area contributed by atoms with Crippen molar-refractivity contribution < 1.29 is 8.78 Å². The molecule has 16 heavy (non-hydrogen) atoms. The fraction of sp³-hybridized carbons (Fsp3) is 0.444. The van der Waals surface area contributed by atoms with Gasteiger partial charge in [0.1, 0.15) is 6.33 Å². The molecule has 0 radical (unpaired) electrons. The minimum Gasteiger partial charge on any atom is -0.342 e. The van der Waals surface area contributed by atoms with Crippen molar-refractivity contribution in [3.05, 3.63) is 12.7 Å². The van der Waals surface area contributed by atoms with Crippen molar-refractivity contribution >= 4 is 17.0 Å². The summed E-state index contributed by atoms with van der Waals surface area (Å²) in [6, 6.07) is 0. The average molecular weight is 225 g/mol. The van der Waals surface area contributed by atoms with Crippen molar-refractivity contribution in [1.29, 1.82) is 0 Å². The van der Waals surface area contributed by atoms with Crippen LogP contribution in [0.2, 0.25) is 0 Å². The minimum atomic E-state index is -2.61. The van der Waals surface area contributed by atoms with Gasteiger partial charge < -0.3 is 9.47 Å². The van der Waals surface area contributed by atoms with Gasteiger partial charge in [-0.1, -0.05) is 0 Å². The summed E-state index contributed by atoms with van der Waals surface area (Å²) in [6.45, 7) is -0.592. The first-order valence-electron chi connectivity index (χ1n) is 4.82. The van der Waals surface area contributed by atoms with Crippen molar-refractivity contribution in [3.63, 3.8) is 0 Å². The van der Waals surface area contributed by atoms with Crippen LogP contribution >= 0.6 is 0 Å². The van der Waals surface area contributed by atoms with E-state index in [2.05, 4.69) is 15.0 Å². The zero-order valence-electron chi connectivity index (χ0n) is 8.56. The maximum atomic E-state index is 12.8. The van der Waals surface area contributed by atoms with E-state index in [1.807, 2.05) is 0 Å². The standard InChI is InChI=1S/C9H9F2N5/c1-15-5-14-6-7(15)12-4-13-8(6)16-2-9(10,11)3-16/h4-5H,2-3H2,1H3. The van der Waals surface area contributed by atoms with Crippen LogP contribution in [0.3, 0.4) is 0 Å². The predicted octanol–water partition coefficient (Wildman–Crippen LogP) is 0.819. The van der Waals surface area contributed by atoms with Crippen molar-refractivity contribution in [1.82, 2.24) is 19.5 Å². The summed E-state index contributed by atoms with van der Waals surface area (Å²) in [4.78, 5) is 13.7. The van der Waals surface area contributed by atoms with E-state index in [1.54, 1.807) is 17.9 Å². The third-order valence-electron chi connectivity index (χ3n) is 2.62. The lowest BCUT2D eigenvalue weighted by Crippen LogP contribution is -2.56. The second kappa shape index (κ2) is 2.87. The van der Waals surface area contributed by atoms with Gasteiger partial charge in [0, 0.05) is 7.05 Å². The molecule has 0 amide bonds. The molecular formula is C9H9F2N5. The molecule has 1 aliphatic rings. The van der Waals surface area contributed by atoms with Crippen LogP contribution in [0.15, 0.2) is 12.7 Å². The van der Waals surface area contributed by atoms with Gasteiger partial charge in [-0.2, -0.15) is 0 Å².